The van der Waals surface area contributed by atoms with Gasteiger partial charge in [0, 0.05) is 5.92 Å². The van der Waals surface area contributed by atoms with Crippen LogP contribution in [-0.4, -0.2) is 17.5 Å². The van der Waals surface area contributed by atoms with Gasteiger partial charge in [0.15, 0.2) is 5.78 Å². The predicted molar refractivity (Wildman–Crippen MR) is 39.1 cm³/mol. The first kappa shape index (κ1) is 6.18. The number of ketones is 1. The smallest absolute Gasteiger partial charge is 0.164 e. The van der Waals surface area contributed by atoms with Gasteiger partial charge in [0.25, 0.3) is 0 Å². The van der Waals surface area contributed by atoms with E-state index in [1.165, 1.54) is 0 Å². The van der Waals surface area contributed by atoms with Crippen LogP contribution in [0.15, 0.2) is 0 Å². The van der Waals surface area contributed by atoms with E-state index in [0.29, 0.717) is 17.6 Å². The maximum Gasteiger partial charge on any atom is 0.164 e. The van der Waals surface area contributed by atoms with Gasteiger partial charge < -0.3 is 4.74 Å². The summed E-state index contributed by atoms with van der Waals surface area (Å²) in [5.74, 6) is 1.43. The number of carbonyl (C=O) groups is 1. The van der Waals surface area contributed by atoms with Crippen molar-refractivity contribution in [2.75, 3.05) is 0 Å². The minimum Gasteiger partial charge on any atom is -0.364 e. The second kappa shape index (κ2) is 1.53. The van der Waals surface area contributed by atoms with Crippen LogP contribution in [-0.2, 0) is 9.53 Å². The van der Waals surface area contributed by atoms with Crippen LogP contribution in [0.25, 0.3) is 0 Å². The summed E-state index contributed by atoms with van der Waals surface area (Å²) in [7, 11) is 0. The van der Waals surface area contributed by atoms with Gasteiger partial charge in [0.1, 0.15) is 6.10 Å². The fourth-order valence-electron chi connectivity index (χ4n) is 3.11. The lowest BCUT2D eigenvalue weighted by molar-refractivity contribution is -0.146. The normalized spacial score (nSPS) is 59.4. The number of rotatable bonds is 0. The SMILES string of the molecule is CC12CC3CC1CC(O2)C3=O. The van der Waals surface area contributed by atoms with Crippen molar-refractivity contribution in [3.63, 3.8) is 0 Å². The molecule has 4 fully saturated rings. The first-order valence-electron chi connectivity index (χ1n) is 4.40. The molecule has 0 spiro atoms. The van der Waals surface area contributed by atoms with Crippen LogP contribution in [0, 0.1) is 11.8 Å². The zero-order chi connectivity index (χ0) is 7.64. The Labute approximate surface area is 65.9 Å². The maximum atomic E-state index is 11.4. The zero-order valence-corrected chi connectivity index (χ0v) is 6.67. The minimum absolute atomic E-state index is 0.0162. The van der Waals surface area contributed by atoms with Crippen molar-refractivity contribution >= 4 is 5.78 Å². The van der Waals surface area contributed by atoms with Crippen molar-refractivity contribution in [3.05, 3.63) is 0 Å². The van der Waals surface area contributed by atoms with Crippen molar-refractivity contribution in [1.29, 1.82) is 0 Å². The molecule has 0 aromatic rings. The van der Waals surface area contributed by atoms with Crippen LogP contribution in [0.1, 0.15) is 26.2 Å². The molecule has 0 radical (unpaired) electrons. The molecule has 0 aromatic carbocycles. The van der Waals surface area contributed by atoms with E-state index in [1.54, 1.807) is 0 Å². The third-order valence-electron chi connectivity index (χ3n) is 3.71. The van der Waals surface area contributed by atoms with Gasteiger partial charge in [0.2, 0.25) is 0 Å². The van der Waals surface area contributed by atoms with E-state index in [4.69, 9.17) is 4.74 Å². The number of carbonyl (C=O) groups excluding carboxylic acids is 1. The van der Waals surface area contributed by atoms with E-state index < -0.39 is 0 Å². The van der Waals surface area contributed by atoms with Crippen LogP contribution in [0.3, 0.4) is 0 Å². The molecule has 0 aromatic heterocycles. The molecule has 60 valence electrons. The largest absolute Gasteiger partial charge is 0.364 e. The Morgan fingerprint density at radius 2 is 2.36 bits per heavy atom. The van der Waals surface area contributed by atoms with E-state index >= 15 is 0 Å². The Hall–Kier alpha value is -0.370. The lowest BCUT2D eigenvalue weighted by atomic mass is 9.86. The molecule has 4 unspecified atom stereocenters. The highest BCUT2D eigenvalue weighted by Crippen LogP contribution is 2.55. The number of hydrogen-bond acceptors (Lipinski definition) is 2. The van der Waals surface area contributed by atoms with Crippen molar-refractivity contribution < 1.29 is 9.53 Å². The minimum atomic E-state index is -0.0162. The van der Waals surface area contributed by atoms with Gasteiger partial charge in [0.05, 0.1) is 5.60 Å². The predicted octanol–water partition coefficient (Wildman–Crippen LogP) is 1.14. The van der Waals surface area contributed by atoms with Crippen LogP contribution >= 0.6 is 0 Å². The average Bonchev–Trinajstić information content (AvgIpc) is 2.31. The summed E-state index contributed by atoms with van der Waals surface area (Å²) in [6.45, 7) is 2.17. The van der Waals surface area contributed by atoms with Crippen molar-refractivity contribution in [1.82, 2.24) is 0 Å². The molecule has 0 N–H and O–H groups in total. The van der Waals surface area contributed by atoms with Gasteiger partial charge in [-0.3, -0.25) is 4.79 Å². The van der Waals surface area contributed by atoms with Crippen molar-refractivity contribution in [2.45, 2.75) is 37.9 Å². The van der Waals surface area contributed by atoms with Gasteiger partial charge in [-0.2, -0.15) is 0 Å². The third-order valence-corrected chi connectivity index (χ3v) is 3.71. The molecule has 2 heterocycles. The van der Waals surface area contributed by atoms with Gasteiger partial charge in [-0.15, -0.1) is 0 Å². The summed E-state index contributed by atoms with van der Waals surface area (Å²) in [4.78, 5) is 11.4. The zero-order valence-electron chi connectivity index (χ0n) is 6.67. The maximum absolute atomic E-state index is 11.4. The summed E-state index contributed by atoms with van der Waals surface area (Å²) >= 11 is 0. The van der Waals surface area contributed by atoms with E-state index in [-0.39, 0.29) is 11.7 Å². The van der Waals surface area contributed by atoms with Crippen molar-refractivity contribution in [2.24, 2.45) is 11.8 Å². The molecule has 0 amide bonds. The quantitative estimate of drug-likeness (QED) is 0.520. The second-order valence-corrected chi connectivity index (χ2v) is 4.39. The Kier molecular flexibility index (Phi) is 0.861. The lowest BCUT2D eigenvalue weighted by Crippen LogP contribution is -2.37. The molecule has 4 rings (SSSR count). The Morgan fingerprint density at radius 3 is 3.00 bits per heavy atom. The van der Waals surface area contributed by atoms with Crippen molar-refractivity contribution in [3.8, 4) is 0 Å². The Bertz CT molecular complexity index is 216. The lowest BCUT2D eigenvalue weighted by Gasteiger charge is -2.28. The highest BCUT2D eigenvalue weighted by Gasteiger charge is 2.60. The Balaban J connectivity index is 2.08. The molecule has 2 saturated heterocycles. The van der Waals surface area contributed by atoms with Gasteiger partial charge in [-0.1, -0.05) is 0 Å². The molecule has 2 aliphatic heterocycles. The number of hydrogen-bond donors (Lipinski definition) is 0. The summed E-state index contributed by atoms with van der Waals surface area (Å²) in [6.07, 6.45) is 3.09. The number of Topliss-reactive ketones (excluding diaryl/α,β-unsaturated/α-hetero) is 1. The molecule has 4 bridgehead atoms. The first-order valence-corrected chi connectivity index (χ1v) is 4.40. The second-order valence-electron chi connectivity index (χ2n) is 4.39. The van der Waals surface area contributed by atoms with Crippen LogP contribution in [0.5, 0.6) is 0 Å². The Morgan fingerprint density at radius 1 is 1.55 bits per heavy atom. The molecular weight excluding hydrogens is 140 g/mol. The molecule has 2 aliphatic carbocycles. The first-order chi connectivity index (χ1) is 5.19. The monoisotopic (exact) mass is 152 g/mol. The molecule has 4 atom stereocenters. The summed E-state index contributed by atoms with van der Waals surface area (Å²) in [5, 5.41) is 0. The van der Waals surface area contributed by atoms with Gasteiger partial charge >= 0.3 is 0 Å². The van der Waals surface area contributed by atoms with Gasteiger partial charge in [-0.25, -0.2) is 0 Å². The standard InChI is InChI=1S/C9H12O2/c1-9-4-5-2-6(9)3-7(11-9)8(5)10/h5-7H,2-4H2,1H3. The van der Waals surface area contributed by atoms with E-state index in [9.17, 15) is 4.79 Å². The van der Waals surface area contributed by atoms with E-state index in [0.717, 1.165) is 19.3 Å². The molecular formula is C9H12O2. The summed E-state index contributed by atoms with van der Waals surface area (Å²) in [5.41, 5.74) is 0.0866. The molecule has 2 saturated carbocycles. The van der Waals surface area contributed by atoms with E-state index in [2.05, 4.69) is 6.92 Å². The number of ether oxygens (including phenoxy) is 1. The third kappa shape index (κ3) is 0.560. The van der Waals surface area contributed by atoms with E-state index in [1.807, 2.05) is 0 Å². The highest BCUT2D eigenvalue weighted by molar-refractivity contribution is 5.88. The molecule has 2 heteroatoms. The fraction of sp³-hybridized carbons (Fsp3) is 0.889. The van der Waals surface area contributed by atoms with Crippen LogP contribution < -0.4 is 0 Å². The summed E-state index contributed by atoms with van der Waals surface area (Å²) in [6, 6.07) is 0. The topological polar surface area (TPSA) is 26.3 Å². The molecule has 4 aliphatic rings. The molecule has 11 heavy (non-hydrogen) atoms. The summed E-state index contributed by atoms with van der Waals surface area (Å²) < 4.78 is 5.70. The highest BCUT2D eigenvalue weighted by atomic mass is 16.5. The van der Waals surface area contributed by atoms with Crippen LogP contribution in [0.2, 0.25) is 0 Å². The van der Waals surface area contributed by atoms with Gasteiger partial charge in [-0.05, 0) is 32.1 Å². The fourth-order valence-corrected chi connectivity index (χ4v) is 3.11. The molecule has 2 nitrogen and oxygen atoms in total. The average molecular weight is 152 g/mol. The van der Waals surface area contributed by atoms with Crippen LogP contribution in [0.4, 0.5) is 0 Å².